The van der Waals surface area contributed by atoms with E-state index in [9.17, 15) is 8.42 Å². The largest absolute Gasteiger partial charge is 0.324 e. The topological polar surface area (TPSA) is 75.4 Å². The van der Waals surface area contributed by atoms with E-state index in [2.05, 4.69) is 5.43 Å². The van der Waals surface area contributed by atoms with Crippen LogP contribution in [0, 0.1) is 19.8 Å². The Balaban J connectivity index is 3.29. The predicted molar refractivity (Wildman–Crippen MR) is 78.4 cm³/mol. The zero-order chi connectivity index (χ0) is 14.8. The number of nitrogens with one attached hydrogen (secondary N) is 1. The van der Waals surface area contributed by atoms with Crippen LogP contribution in [0.3, 0.4) is 0 Å². The van der Waals surface area contributed by atoms with Gasteiger partial charge >= 0.3 is 0 Å². The molecule has 5 nitrogen and oxygen atoms in total. The van der Waals surface area contributed by atoms with Crippen molar-refractivity contribution >= 4 is 15.7 Å². The van der Waals surface area contributed by atoms with Gasteiger partial charge in [0, 0.05) is 19.3 Å². The van der Waals surface area contributed by atoms with E-state index in [1.165, 1.54) is 4.31 Å². The van der Waals surface area contributed by atoms with Crippen molar-refractivity contribution in [3.63, 3.8) is 0 Å². The number of rotatable bonds is 5. The maximum Gasteiger partial charge on any atom is 0.243 e. The second-order valence-corrected chi connectivity index (χ2v) is 7.24. The van der Waals surface area contributed by atoms with Crippen molar-refractivity contribution in [2.45, 2.75) is 32.6 Å². The molecular weight excluding hydrogens is 262 g/mol. The van der Waals surface area contributed by atoms with E-state index in [4.69, 9.17) is 5.84 Å². The van der Waals surface area contributed by atoms with Crippen LogP contribution < -0.4 is 11.3 Å². The Morgan fingerprint density at radius 1 is 1.26 bits per heavy atom. The van der Waals surface area contributed by atoms with E-state index in [1.807, 2.05) is 13.8 Å². The van der Waals surface area contributed by atoms with Crippen LogP contribution in [-0.4, -0.2) is 26.3 Å². The zero-order valence-corrected chi connectivity index (χ0v) is 13.0. The van der Waals surface area contributed by atoms with E-state index >= 15 is 0 Å². The van der Waals surface area contributed by atoms with Gasteiger partial charge in [0.1, 0.15) is 0 Å². The van der Waals surface area contributed by atoms with Gasteiger partial charge in [-0.05, 0) is 43.0 Å². The number of hydrogen-bond acceptors (Lipinski definition) is 4. The molecule has 1 aromatic carbocycles. The van der Waals surface area contributed by atoms with Crippen molar-refractivity contribution in [1.82, 2.24) is 4.31 Å². The molecule has 1 rings (SSSR count). The van der Waals surface area contributed by atoms with E-state index in [0.717, 1.165) is 0 Å². The number of benzene rings is 1. The SMILES string of the molecule is Cc1cc(NN)cc(C)c1S(=O)(=O)N(C)CC(C)C. The second kappa shape index (κ2) is 5.90. The predicted octanol–water partition coefficient (Wildman–Crippen LogP) is 1.87. The Labute approximate surface area is 115 Å². The summed E-state index contributed by atoms with van der Waals surface area (Å²) in [6.07, 6.45) is 0. The van der Waals surface area contributed by atoms with Gasteiger partial charge in [-0.3, -0.25) is 5.84 Å². The first-order valence-electron chi connectivity index (χ1n) is 6.24. The maximum absolute atomic E-state index is 12.6. The molecule has 0 aliphatic carbocycles. The lowest BCUT2D eigenvalue weighted by Crippen LogP contribution is -2.31. The molecule has 0 unspecified atom stereocenters. The molecule has 0 radical (unpaired) electrons. The molecule has 0 bridgehead atoms. The molecule has 0 fully saturated rings. The Morgan fingerprint density at radius 3 is 2.11 bits per heavy atom. The van der Waals surface area contributed by atoms with Crippen LogP contribution >= 0.6 is 0 Å². The minimum atomic E-state index is -3.46. The van der Waals surface area contributed by atoms with Crippen LogP contribution in [-0.2, 0) is 10.0 Å². The summed E-state index contributed by atoms with van der Waals surface area (Å²) in [6, 6.07) is 3.48. The van der Waals surface area contributed by atoms with Crippen molar-refractivity contribution in [2.75, 3.05) is 19.0 Å². The highest BCUT2D eigenvalue weighted by molar-refractivity contribution is 7.89. The quantitative estimate of drug-likeness (QED) is 0.639. The van der Waals surface area contributed by atoms with Crippen LogP contribution in [0.25, 0.3) is 0 Å². The van der Waals surface area contributed by atoms with Crippen LogP contribution in [0.1, 0.15) is 25.0 Å². The number of nitrogen functional groups attached to an aromatic ring is 1. The van der Waals surface area contributed by atoms with Gasteiger partial charge in [0.05, 0.1) is 4.90 Å². The number of anilines is 1. The third-order valence-corrected chi connectivity index (χ3v) is 5.05. The van der Waals surface area contributed by atoms with Gasteiger partial charge in [0.25, 0.3) is 0 Å². The number of nitrogens with zero attached hydrogens (tertiary/aromatic N) is 1. The molecule has 0 saturated heterocycles. The molecule has 0 aliphatic heterocycles. The first-order chi connectivity index (χ1) is 8.70. The fourth-order valence-electron chi connectivity index (χ4n) is 2.21. The summed E-state index contributed by atoms with van der Waals surface area (Å²) < 4.78 is 26.6. The Bertz CT molecular complexity index is 530. The number of aryl methyl sites for hydroxylation is 2. The van der Waals surface area contributed by atoms with Gasteiger partial charge in [-0.25, -0.2) is 12.7 Å². The third-order valence-electron chi connectivity index (χ3n) is 2.92. The van der Waals surface area contributed by atoms with E-state index < -0.39 is 10.0 Å². The summed E-state index contributed by atoms with van der Waals surface area (Å²) in [5, 5.41) is 0. The Morgan fingerprint density at radius 2 is 1.74 bits per heavy atom. The fraction of sp³-hybridized carbons (Fsp3) is 0.538. The molecule has 0 spiro atoms. The van der Waals surface area contributed by atoms with Crippen molar-refractivity contribution in [3.8, 4) is 0 Å². The highest BCUT2D eigenvalue weighted by Crippen LogP contribution is 2.26. The molecule has 19 heavy (non-hydrogen) atoms. The first kappa shape index (κ1) is 15.9. The van der Waals surface area contributed by atoms with Gasteiger partial charge in [-0.15, -0.1) is 0 Å². The zero-order valence-electron chi connectivity index (χ0n) is 12.2. The highest BCUT2D eigenvalue weighted by atomic mass is 32.2. The number of sulfonamides is 1. The molecule has 0 saturated carbocycles. The molecule has 0 atom stereocenters. The second-order valence-electron chi connectivity index (χ2n) is 5.26. The minimum Gasteiger partial charge on any atom is -0.324 e. The average molecular weight is 285 g/mol. The third kappa shape index (κ3) is 3.46. The Kier molecular flexibility index (Phi) is 4.95. The van der Waals surface area contributed by atoms with Crippen LogP contribution in [0.4, 0.5) is 5.69 Å². The summed E-state index contributed by atoms with van der Waals surface area (Å²) in [5.41, 5.74) is 4.64. The van der Waals surface area contributed by atoms with Crippen molar-refractivity contribution < 1.29 is 8.42 Å². The van der Waals surface area contributed by atoms with Crippen molar-refractivity contribution in [2.24, 2.45) is 11.8 Å². The molecule has 0 aliphatic rings. The van der Waals surface area contributed by atoms with Gasteiger partial charge in [-0.1, -0.05) is 13.8 Å². The van der Waals surface area contributed by atoms with Crippen LogP contribution in [0.15, 0.2) is 17.0 Å². The number of hydrazine groups is 1. The Hall–Kier alpha value is -1.11. The molecule has 1 aromatic rings. The lowest BCUT2D eigenvalue weighted by Gasteiger charge is -2.22. The van der Waals surface area contributed by atoms with Gasteiger partial charge in [0.15, 0.2) is 0 Å². The lowest BCUT2D eigenvalue weighted by molar-refractivity contribution is 0.416. The van der Waals surface area contributed by atoms with Crippen molar-refractivity contribution in [3.05, 3.63) is 23.3 Å². The van der Waals surface area contributed by atoms with Crippen molar-refractivity contribution in [1.29, 1.82) is 0 Å². The fourth-order valence-corrected chi connectivity index (χ4v) is 3.95. The lowest BCUT2D eigenvalue weighted by atomic mass is 10.1. The molecule has 0 aromatic heterocycles. The average Bonchev–Trinajstić information content (AvgIpc) is 2.26. The summed E-state index contributed by atoms with van der Waals surface area (Å²) in [4.78, 5) is 0.370. The molecule has 0 amide bonds. The van der Waals surface area contributed by atoms with Crippen LogP contribution in [0.5, 0.6) is 0 Å². The summed E-state index contributed by atoms with van der Waals surface area (Å²) in [5.74, 6) is 5.65. The van der Waals surface area contributed by atoms with Crippen LogP contribution in [0.2, 0.25) is 0 Å². The number of nitrogens with two attached hydrogens (primary N) is 1. The molecular formula is C13H23N3O2S. The van der Waals surface area contributed by atoms with E-state index in [-0.39, 0.29) is 5.92 Å². The van der Waals surface area contributed by atoms with Gasteiger partial charge in [0.2, 0.25) is 10.0 Å². The summed E-state index contributed by atoms with van der Waals surface area (Å²) in [7, 11) is -1.84. The summed E-state index contributed by atoms with van der Waals surface area (Å²) in [6.45, 7) is 8.05. The van der Waals surface area contributed by atoms with Gasteiger partial charge in [-0.2, -0.15) is 0 Å². The highest BCUT2D eigenvalue weighted by Gasteiger charge is 2.25. The molecule has 3 N–H and O–H groups in total. The minimum absolute atomic E-state index is 0.283. The number of hydrogen-bond donors (Lipinski definition) is 2. The van der Waals surface area contributed by atoms with E-state index in [0.29, 0.717) is 28.3 Å². The molecule has 6 heteroatoms. The smallest absolute Gasteiger partial charge is 0.243 e. The monoisotopic (exact) mass is 285 g/mol. The van der Waals surface area contributed by atoms with Gasteiger partial charge < -0.3 is 5.43 Å². The summed E-state index contributed by atoms with van der Waals surface area (Å²) >= 11 is 0. The molecule has 108 valence electrons. The maximum atomic E-state index is 12.6. The normalized spacial score (nSPS) is 12.2. The molecule has 0 heterocycles. The van der Waals surface area contributed by atoms with E-state index in [1.54, 1.807) is 33.0 Å². The standard InChI is InChI=1S/C13H23N3O2S/c1-9(2)8-16(5)19(17,18)13-10(3)6-12(15-14)7-11(13)4/h6-7,9,15H,8,14H2,1-5H3. The first-order valence-corrected chi connectivity index (χ1v) is 7.68.